The Kier molecular flexibility index (Phi) is 4.34. The number of pyridine rings is 1. The maximum atomic E-state index is 12.3. The zero-order chi connectivity index (χ0) is 19.6. The van der Waals surface area contributed by atoms with Gasteiger partial charge in [0.2, 0.25) is 0 Å². The van der Waals surface area contributed by atoms with Crippen LogP contribution in [0, 0.1) is 0 Å². The topological polar surface area (TPSA) is 71.7 Å². The molecular weight excluding hydrogens is 382 g/mol. The lowest BCUT2D eigenvalue weighted by atomic mass is 10.1. The number of thiazole rings is 1. The number of benzene rings is 2. The number of hydrogen-bond donors (Lipinski definition) is 1. The molecule has 0 fully saturated rings. The maximum Gasteiger partial charge on any atom is 0.272 e. The fourth-order valence-corrected chi connectivity index (χ4v) is 4.21. The van der Waals surface area contributed by atoms with Gasteiger partial charge in [0.1, 0.15) is 0 Å². The van der Waals surface area contributed by atoms with Crippen LogP contribution in [0.25, 0.3) is 26.4 Å². The highest BCUT2D eigenvalue weighted by atomic mass is 32.1. The van der Waals surface area contributed by atoms with Gasteiger partial charge in [-0.15, -0.1) is 0 Å². The first-order valence-electron chi connectivity index (χ1n) is 9.00. The van der Waals surface area contributed by atoms with Gasteiger partial charge in [-0.25, -0.2) is 10.4 Å². The van der Waals surface area contributed by atoms with Gasteiger partial charge in [0.05, 0.1) is 33.4 Å². The summed E-state index contributed by atoms with van der Waals surface area (Å²) >= 11 is 1.62. The zero-order valence-corrected chi connectivity index (χ0v) is 16.0. The molecular formula is C22H15N5OS. The van der Waals surface area contributed by atoms with Crippen LogP contribution in [0.2, 0.25) is 0 Å². The van der Waals surface area contributed by atoms with Crippen LogP contribution in [0.1, 0.15) is 16.1 Å². The second-order valence-electron chi connectivity index (χ2n) is 6.34. The maximum absolute atomic E-state index is 12.3. The lowest BCUT2D eigenvalue weighted by Gasteiger charge is -2.02. The highest BCUT2D eigenvalue weighted by Gasteiger charge is 2.17. The summed E-state index contributed by atoms with van der Waals surface area (Å²) in [6, 6.07) is 21.5. The van der Waals surface area contributed by atoms with Gasteiger partial charge in [-0.3, -0.25) is 14.2 Å². The van der Waals surface area contributed by atoms with Gasteiger partial charge in [0.15, 0.2) is 4.96 Å². The van der Waals surface area contributed by atoms with Gasteiger partial charge < -0.3 is 0 Å². The van der Waals surface area contributed by atoms with Gasteiger partial charge in [-0.05, 0) is 24.3 Å². The number of carbonyl (C=O) groups is 1. The number of para-hydroxylation sites is 1. The molecule has 0 aliphatic heterocycles. The van der Waals surface area contributed by atoms with Crippen molar-refractivity contribution in [2.45, 2.75) is 0 Å². The van der Waals surface area contributed by atoms with E-state index in [1.165, 1.54) is 6.20 Å². The highest BCUT2D eigenvalue weighted by molar-refractivity contribution is 7.23. The number of aromatic nitrogens is 3. The molecule has 5 aromatic rings. The van der Waals surface area contributed by atoms with Gasteiger partial charge >= 0.3 is 0 Å². The van der Waals surface area contributed by atoms with Crippen molar-refractivity contribution in [2.24, 2.45) is 5.10 Å². The second kappa shape index (κ2) is 7.29. The molecule has 0 saturated carbocycles. The highest BCUT2D eigenvalue weighted by Crippen LogP contribution is 2.32. The Morgan fingerprint density at radius 2 is 1.86 bits per heavy atom. The van der Waals surface area contributed by atoms with Gasteiger partial charge in [-0.2, -0.15) is 5.10 Å². The van der Waals surface area contributed by atoms with Gasteiger partial charge in [0, 0.05) is 18.0 Å². The van der Waals surface area contributed by atoms with E-state index in [0.29, 0.717) is 5.56 Å². The minimum Gasteiger partial charge on any atom is -0.281 e. The summed E-state index contributed by atoms with van der Waals surface area (Å²) in [5.74, 6) is -0.313. The van der Waals surface area contributed by atoms with Gasteiger partial charge in [0.25, 0.3) is 5.91 Å². The van der Waals surface area contributed by atoms with E-state index < -0.39 is 0 Å². The molecule has 29 heavy (non-hydrogen) atoms. The Morgan fingerprint density at radius 3 is 2.69 bits per heavy atom. The van der Waals surface area contributed by atoms with Crippen molar-refractivity contribution >= 4 is 38.6 Å². The molecule has 0 saturated heterocycles. The number of fused-ring (bicyclic) bond motifs is 3. The molecule has 0 bridgehead atoms. The Morgan fingerprint density at radius 1 is 1.03 bits per heavy atom. The van der Waals surface area contributed by atoms with Crippen LogP contribution in [-0.4, -0.2) is 26.5 Å². The number of rotatable bonds is 4. The third-order valence-corrected chi connectivity index (χ3v) is 5.54. The molecule has 3 heterocycles. The Balaban J connectivity index is 1.59. The van der Waals surface area contributed by atoms with E-state index in [0.717, 1.165) is 32.1 Å². The first kappa shape index (κ1) is 17.3. The molecule has 5 rings (SSSR count). The average molecular weight is 397 g/mol. The predicted molar refractivity (Wildman–Crippen MR) is 115 cm³/mol. The molecule has 6 nitrogen and oxygen atoms in total. The van der Waals surface area contributed by atoms with Crippen LogP contribution in [-0.2, 0) is 0 Å². The SMILES string of the molecule is O=C(NN=Cc1c(-c2ccccc2)nc2sc3ccccc3n12)c1cccnc1. The van der Waals surface area contributed by atoms with E-state index >= 15 is 0 Å². The normalized spacial score (nSPS) is 11.4. The molecule has 0 spiro atoms. The summed E-state index contributed by atoms with van der Waals surface area (Å²) in [7, 11) is 0. The molecule has 0 atom stereocenters. The molecule has 140 valence electrons. The summed E-state index contributed by atoms with van der Waals surface area (Å²) < 4.78 is 3.21. The minimum atomic E-state index is -0.313. The summed E-state index contributed by atoms with van der Waals surface area (Å²) in [6.07, 6.45) is 4.77. The van der Waals surface area contributed by atoms with Crippen LogP contribution in [0.5, 0.6) is 0 Å². The quantitative estimate of drug-likeness (QED) is 0.361. The summed E-state index contributed by atoms with van der Waals surface area (Å²) in [6.45, 7) is 0. The summed E-state index contributed by atoms with van der Waals surface area (Å²) in [5, 5.41) is 4.20. The largest absolute Gasteiger partial charge is 0.281 e. The minimum absolute atomic E-state index is 0.313. The Labute approximate surface area is 170 Å². The molecule has 0 radical (unpaired) electrons. The zero-order valence-electron chi connectivity index (χ0n) is 15.2. The summed E-state index contributed by atoms with van der Waals surface area (Å²) in [5.41, 5.74) is 6.71. The van der Waals surface area contributed by atoms with Crippen molar-refractivity contribution < 1.29 is 4.79 Å². The Bertz CT molecular complexity index is 1340. The van der Waals surface area contributed by atoms with Gasteiger partial charge in [-0.1, -0.05) is 53.8 Å². The van der Waals surface area contributed by atoms with Crippen LogP contribution in [0.4, 0.5) is 0 Å². The third kappa shape index (κ3) is 3.17. The van der Waals surface area contributed by atoms with E-state index in [1.807, 2.05) is 42.5 Å². The number of hydrogen-bond acceptors (Lipinski definition) is 5. The third-order valence-electron chi connectivity index (χ3n) is 4.51. The standard InChI is InChI=1S/C22H15N5OS/c28-21(16-9-6-12-23-13-16)26-24-14-18-20(15-7-2-1-3-8-15)25-22-27(18)17-10-4-5-11-19(17)29-22/h1-14H,(H,26,28). The predicted octanol–water partition coefficient (Wildman–Crippen LogP) is 4.37. The van der Waals surface area contributed by atoms with E-state index in [1.54, 1.807) is 35.9 Å². The molecule has 0 aliphatic rings. The van der Waals surface area contributed by atoms with Crippen LogP contribution in [0.3, 0.4) is 0 Å². The van der Waals surface area contributed by atoms with Crippen molar-refractivity contribution in [3.63, 3.8) is 0 Å². The van der Waals surface area contributed by atoms with Crippen molar-refractivity contribution in [1.82, 2.24) is 19.8 Å². The van der Waals surface area contributed by atoms with Crippen LogP contribution in [0.15, 0.2) is 84.2 Å². The molecule has 0 unspecified atom stereocenters. The number of nitrogens with zero attached hydrogens (tertiary/aromatic N) is 4. The second-order valence-corrected chi connectivity index (χ2v) is 7.35. The molecule has 2 aromatic carbocycles. The van der Waals surface area contributed by atoms with E-state index in [9.17, 15) is 4.79 Å². The first-order chi connectivity index (χ1) is 14.3. The average Bonchev–Trinajstić information content (AvgIpc) is 3.31. The number of nitrogens with one attached hydrogen (secondary N) is 1. The molecule has 0 aliphatic carbocycles. The lowest BCUT2D eigenvalue weighted by Crippen LogP contribution is -2.17. The number of carbonyl (C=O) groups excluding carboxylic acids is 1. The Hall–Kier alpha value is -3.84. The van der Waals surface area contributed by atoms with Crippen LogP contribution >= 0.6 is 11.3 Å². The van der Waals surface area contributed by atoms with Crippen molar-refractivity contribution in [2.75, 3.05) is 0 Å². The number of hydrazone groups is 1. The smallest absolute Gasteiger partial charge is 0.272 e. The van der Waals surface area contributed by atoms with Crippen molar-refractivity contribution in [3.05, 3.63) is 90.4 Å². The van der Waals surface area contributed by atoms with Crippen molar-refractivity contribution in [3.8, 4) is 11.3 Å². The lowest BCUT2D eigenvalue weighted by molar-refractivity contribution is 0.0955. The summed E-state index contributed by atoms with van der Waals surface area (Å²) in [4.78, 5) is 22.0. The number of amides is 1. The number of imidazole rings is 1. The monoisotopic (exact) mass is 397 g/mol. The molecule has 1 amide bonds. The fourth-order valence-electron chi connectivity index (χ4n) is 3.18. The van der Waals surface area contributed by atoms with E-state index in [4.69, 9.17) is 4.98 Å². The van der Waals surface area contributed by atoms with Crippen LogP contribution < -0.4 is 5.43 Å². The molecule has 1 N–H and O–H groups in total. The molecule has 7 heteroatoms. The van der Waals surface area contributed by atoms with E-state index in [2.05, 4.69) is 32.0 Å². The fraction of sp³-hybridized carbons (Fsp3) is 0. The van der Waals surface area contributed by atoms with Crippen molar-refractivity contribution in [1.29, 1.82) is 0 Å². The van der Waals surface area contributed by atoms with E-state index in [-0.39, 0.29) is 5.91 Å². The first-order valence-corrected chi connectivity index (χ1v) is 9.82. The molecule has 3 aromatic heterocycles.